The Bertz CT molecular complexity index is 3560. The lowest BCUT2D eigenvalue weighted by atomic mass is 9.87. The minimum absolute atomic E-state index is 0.879. The predicted molar refractivity (Wildman–Crippen MR) is 269 cm³/mol. The molecule has 0 radical (unpaired) electrons. The fourth-order valence-electron chi connectivity index (χ4n) is 9.21. The van der Waals surface area contributed by atoms with Crippen LogP contribution in [0.1, 0.15) is 0 Å². The molecular weight excluding hydrogens is 805 g/mol. The van der Waals surface area contributed by atoms with Crippen molar-refractivity contribution in [3.63, 3.8) is 0 Å². The van der Waals surface area contributed by atoms with E-state index in [1.807, 2.05) is 73.4 Å². The van der Waals surface area contributed by atoms with Gasteiger partial charge in [0.1, 0.15) is 0 Å². The number of hydrogen-bond acceptors (Lipinski definition) is 6. The Labute approximate surface area is 381 Å². The van der Waals surface area contributed by atoms with E-state index in [1.165, 1.54) is 0 Å². The highest BCUT2D eigenvalue weighted by molar-refractivity contribution is 6.23. The SMILES string of the molecule is c1ccc(-c2ccc(-c3ccccc3-c3cc(-c4ccccc4-c4ccc(-c5ccccn5)cn4)cc(-c4ccccc4-c4ccc5c6ncccc6c6ccccc6c5n4)c3)nc2)nc1. The average Bonchev–Trinajstić information content (AvgIpc) is 3.41. The van der Waals surface area contributed by atoms with E-state index in [-0.39, 0.29) is 0 Å². The molecule has 0 aliphatic heterocycles. The number of benzene rings is 6. The number of pyridine rings is 6. The maximum atomic E-state index is 5.47. The van der Waals surface area contributed by atoms with Crippen molar-refractivity contribution in [2.24, 2.45) is 0 Å². The highest BCUT2D eigenvalue weighted by Crippen LogP contribution is 2.43. The van der Waals surface area contributed by atoms with Crippen LogP contribution < -0.4 is 0 Å². The summed E-state index contributed by atoms with van der Waals surface area (Å²) >= 11 is 0. The second kappa shape index (κ2) is 16.6. The first kappa shape index (κ1) is 38.7. The average molecular weight is 843 g/mol. The molecule has 12 rings (SSSR count). The normalized spacial score (nSPS) is 11.3. The Balaban J connectivity index is 1.04. The summed E-state index contributed by atoms with van der Waals surface area (Å²) in [6.45, 7) is 0. The number of rotatable bonds is 8. The van der Waals surface area contributed by atoms with Crippen LogP contribution in [0.2, 0.25) is 0 Å². The van der Waals surface area contributed by atoms with Gasteiger partial charge in [-0.05, 0) is 124 Å². The molecule has 0 aliphatic carbocycles. The summed E-state index contributed by atoms with van der Waals surface area (Å²) in [5.41, 5.74) is 17.7. The van der Waals surface area contributed by atoms with Crippen molar-refractivity contribution in [3.8, 4) is 89.7 Å². The lowest BCUT2D eigenvalue weighted by Gasteiger charge is -2.18. The van der Waals surface area contributed by atoms with Crippen molar-refractivity contribution in [1.82, 2.24) is 29.9 Å². The Morgan fingerprint density at radius 3 is 1.15 bits per heavy atom. The van der Waals surface area contributed by atoms with Crippen molar-refractivity contribution in [3.05, 3.63) is 231 Å². The van der Waals surface area contributed by atoms with Gasteiger partial charge in [-0.15, -0.1) is 0 Å². The molecule has 0 spiro atoms. The third-order valence-corrected chi connectivity index (χ3v) is 12.4. The molecule has 6 aromatic heterocycles. The molecular formula is C60H38N6. The van der Waals surface area contributed by atoms with E-state index in [4.69, 9.17) is 19.9 Å². The molecule has 6 nitrogen and oxygen atoms in total. The minimum atomic E-state index is 0.879. The summed E-state index contributed by atoms with van der Waals surface area (Å²) in [6.07, 6.45) is 9.30. The van der Waals surface area contributed by atoms with E-state index in [1.54, 1.807) is 0 Å². The maximum absolute atomic E-state index is 5.47. The molecule has 0 amide bonds. The first-order valence-electron chi connectivity index (χ1n) is 22.0. The third-order valence-electron chi connectivity index (χ3n) is 12.4. The fraction of sp³-hybridized carbons (Fsp3) is 0. The zero-order valence-corrected chi connectivity index (χ0v) is 35.6. The lowest BCUT2D eigenvalue weighted by Crippen LogP contribution is -1.94. The summed E-state index contributed by atoms with van der Waals surface area (Å²) in [6, 6.07) is 69.8. The van der Waals surface area contributed by atoms with Gasteiger partial charge in [0.2, 0.25) is 0 Å². The van der Waals surface area contributed by atoms with Crippen LogP contribution in [0.3, 0.4) is 0 Å². The molecule has 0 saturated carbocycles. The molecule has 0 fully saturated rings. The molecule has 0 aliphatic rings. The van der Waals surface area contributed by atoms with E-state index in [0.29, 0.717) is 0 Å². The number of aromatic nitrogens is 6. The standard InChI is InChI=1S/C60H38N6/c1-5-18-48(56-28-25-39(37-64-56)54-23-9-11-31-61-54)44(14-1)41-34-42(45-15-2-6-19-49(45)57-29-26-40(38-65-57)55-24-10-12-32-62-55)36-43(35-41)46-16-3-7-20-50(46)58-30-27-53-59-51(22-13-33-63-59)47-17-4-8-21-52(47)60(53)66-58/h1-38H. The molecule has 308 valence electrons. The quantitative estimate of drug-likeness (QED) is 0.142. The predicted octanol–water partition coefficient (Wildman–Crippen LogP) is 14.9. The van der Waals surface area contributed by atoms with Gasteiger partial charge in [-0.25, -0.2) is 4.98 Å². The number of nitrogens with zero attached hydrogens (tertiary/aromatic N) is 6. The maximum Gasteiger partial charge on any atom is 0.0809 e. The summed E-state index contributed by atoms with van der Waals surface area (Å²) in [7, 11) is 0. The van der Waals surface area contributed by atoms with Gasteiger partial charge in [0.15, 0.2) is 0 Å². The summed E-state index contributed by atoms with van der Waals surface area (Å²) in [5.74, 6) is 0. The van der Waals surface area contributed by atoms with Crippen LogP contribution in [0, 0.1) is 0 Å². The van der Waals surface area contributed by atoms with Gasteiger partial charge in [-0.3, -0.25) is 24.9 Å². The lowest BCUT2D eigenvalue weighted by molar-refractivity contribution is 1.28. The van der Waals surface area contributed by atoms with Gasteiger partial charge in [-0.2, -0.15) is 0 Å². The monoisotopic (exact) mass is 842 g/mol. The second-order valence-electron chi connectivity index (χ2n) is 16.3. The Kier molecular flexibility index (Phi) is 9.73. The highest BCUT2D eigenvalue weighted by atomic mass is 14.7. The number of fused-ring (bicyclic) bond motifs is 6. The molecule has 6 aromatic carbocycles. The molecule has 0 atom stereocenters. The van der Waals surface area contributed by atoms with Crippen molar-refractivity contribution < 1.29 is 0 Å². The van der Waals surface area contributed by atoms with Crippen LogP contribution in [0.15, 0.2) is 231 Å². The Morgan fingerprint density at radius 1 is 0.227 bits per heavy atom. The van der Waals surface area contributed by atoms with E-state index in [9.17, 15) is 0 Å². The van der Waals surface area contributed by atoms with Crippen molar-refractivity contribution >= 4 is 32.6 Å². The van der Waals surface area contributed by atoms with E-state index < -0.39 is 0 Å². The van der Waals surface area contributed by atoms with Gasteiger partial charge in [0, 0.05) is 75.0 Å². The van der Waals surface area contributed by atoms with Gasteiger partial charge >= 0.3 is 0 Å². The molecule has 0 bridgehead atoms. The Morgan fingerprint density at radius 2 is 0.652 bits per heavy atom. The summed E-state index contributed by atoms with van der Waals surface area (Å²) in [4.78, 5) is 29.4. The largest absolute Gasteiger partial charge is 0.256 e. The Hall–Kier alpha value is -9.00. The van der Waals surface area contributed by atoms with Gasteiger partial charge in [0.25, 0.3) is 0 Å². The van der Waals surface area contributed by atoms with Crippen LogP contribution in [-0.2, 0) is 0 Å². The molecule has 0 unspecified atom stereocenters. The van der Waals surface area contributed by atoms with E-state index in [2.05, 4.69) is 168 Å². The molecule has 6 heterocycles. The topological polar surface area (TPSA) is 77.3 Å². The zero-order chi connectivity index (χ0) is 43.8. The third kappa shape index (κ3) is 7.03. The van der Waals surface area contributed by atoms with Crippen molar-refractivity contribution in [2.75, 3.05) is 0 Å². The molecule has 0 saturated heterocycles. The molecule has 0 N–H and O–H groups in total. The van der Waals surface area contributed by atoms with Crippen LogP contribution in [0.5, 0.6) is 0 Å². The van der Waals surface area contributed by atoms with Crippen LogP contribution in [0.25, 0.3) is 122 Å². The van der Waals surface area contributed by atoms with Crippen molar-refractivity contribution in [2.45, 2.75) is 0 Å². The van der Waals surface area contributed by atoms with Gasteiger partial charge < -0.3 is 0 Å². The first-order chi connectivity index (χ1) is 32.7. The van der Waals surface area contributed by atoms with Gasteiger partial charge in [0.05, 0.1) is 39.5 Å². The number of hydrogen-bond donors (Lipinski definition) is 0. The van der Waals surface area contributed by atoms with Crippen LogP contribution in [0.4, 0.5) is 0 Å². The first-order valence-corrected chi connectivity index (χ1v) is 22.0. The van der Waals surface area contributed by atoms with Gasteiger partial charge in [-0.1, -0.05) is 115 Å². The highest BCUT2D eigenvalue weighted by Gasteiger charge is 2.19. The van der Waals surface area contributed by atoms with Crippen LogP contribution in [-0.4, -0.2) is 29.9 Å². The van der Waals surface area contributed by atoms with Crippen molar-refractivity contribution in [1.29, 1.82) is 0 Å². The van der Waals surface area contributed by atoms with E-state index >= 15 is 0 Å². The van der Waals surface area contributed by atoms with E-state index in [0.717, 1.165) is 122 Å². The summed E-state index contributed by atoms with van der Waals surface area (Å²) < 4.78 is 0. The molecule has 66 heavy (non-hydrogen) atoms. The van der Waals surface area contributed by atoms with Crippen LogP contribution >= 0.6 is 0 Å². The summed E-state index contributed by atoms with van der Waals surface area (Å²) in [5, 5.41) is 4.40. The zero-order valence-electron chi connectivity index (χ0n) is 35.6. The second-order valence-corrected chi connectivity index (χ2v) is 16.3. The fourth-order valence-corrected chi connectivity index (χ4v) is 9.21. The smallest absolute Gasteiger partial charge is 0.0809 e. The minimum Gasteiger partial charge on any atom is -0.256 e. The molecule has 6 heteroatoms. The molecule has 12 aromatic rings.